The average Bonchev–Trinajstić information content (AvgIpc) is 2.27. The second-order valence-electron chi connectivity index (χ2n) is 3.46. The molecule has 16 heavy (non-hydrogen) atoms. The highest BCUT2D eigenvalue weighted by Crippen LogP contribution is 2.02. The molecular weight excluding hydrogens is 226 g/mol. The summed E-state index contributed by atoms with van der Waals surface area (Å²) in [5.74, 6) is -0.319. The van der Waals surface area contributed by atoms with Crippen molar-refractivity contribution in [3.05, 3.63) is 35.9 Å². The van der Waals surface area contributed by atoms with Crippen LogP contribution in [-0.4, -0.2) is 18.6 Å². The van der Waals surface area contributed by atoms with Gasteiger partial charge in [0.15, 0.2) is 0 Å². The largest absolute Gasteiger partial charge is 0.465 e. The summed E-state index contributed by atoms with van der Waals surface area (Å²) < 4.78 is 4.96. The van der Waals surface area contributed by atoms with E-state index in [2.05, 4.69) is 0 Å². The first-order valence-corrected chi connectivity index (χ1v) is 5.20. The molecule has 0 spiro atoms. The minimum atomic E-state index is -0.557. The fourth-order valence-electron chi connectivity index (χ4n) is 1.26. The summed E-state index contributed by atoms with van der Waals surface area (Å²) >= 11 is 0. The number of halogens is 1. The molecular formula is C12H18ClNO2. The van der Waals surface area contributed by atoms with E-state index in [1.54, 1.807) is 0 Å². The topological polar surface area (TPSA) is 52.3 Å². The van der Waals surface area contributed by atoms with E-state index in [9.17, 15) is 4.79 Å². The van der Waals surface area contributed by atoms with Gasteiger partial charge in [0.25, 0.3) is 0 Å². The Morgan fingerprint density at radius 2 is 2.00 bits per heavy atom. The Balaban J connectivity index is 0.00000225. The number of benzene rings is 1. The summed E-state index contributed by atoms with van der Waals surface area (Å²) in [6.45, 7) is 2.40. The van der Waals surface area contributed by atoms with E-state index >= 15 is 0 Å². The van der Waals surface area contributed by atoms with Gasteiger partial charge in [0.05, 0.1) is 6.61 Å². The summed E-state index contributed by atoms with van der Waals surface area (Å²) in [4.78, 5) is 11.4. The summed E-state index contributed by atoms with van der Waals surface area (Å²) in [7, 11) is 0. The molecule has 0 bridgehead atoms. The predicted molar refractivity (Wildman–Crippen MR) is 66.6 cm³/mol. The molecule has 0 heterocycles. The number of carbonyl (C=O) groups is 1. The quantitative estimate of drug-likeness (QED) is 0.804. The summed E-state index contributed by atoms with van der Waals surface area (Å²) in [6, 6.07) is 9.14. The van der Waals surface area contributed by atoms with Crippen LogP contribution in [0.2, 0.25) is 0 Å². The van der Waals surface area contributed by atoms with E-state index in [-0.39, 0.29) is 18.4 Å². The smallest absolute Gasteiger partial charge is 0.323 e. The van der Waals surface area contributed by atoms with Crippen LogP contribution >= 0.6 is 12.4 Å². The third-order valence-corrected chi connectivity index (χ3v) is 2.05. The monoisotopic (exact) mass is 243 g/mol. The minimum absolute atomic E-state index is 0. The van der Waals surface area contributed by atoms with Crippen molar-refractivity contribution < 1.29 is 9.53 Å². The standard InChI is InChI=1S/C12H17NO2.ClH/c1-2-8-15-12(14)11(13)9-10-6-4-3-5-7-10;/h3-7,11H,2,8-9,13H2,1H3;1H. The number of nitrogens with two attached hydrogens (primary N) is 1. The lowest BCUT2D eigenvalue weighted by atomic mass is 10.1. The lowest BCUT2D eigenvalue weighted by Crippen LogP contribution is -2.34. The number of esters is 1. The van der Waals surface area contributed by atoms with Gasteiger partial charge in [-0.15, -0.1) is 12.4 Å². The van der Waals surface area contributed by atoms with Crippen molar-refractivity contribution in [2.75, 3.05) is 6.61 Å². The predicted octanol–water partition coefficient (Wildman–Crippen LogP) is 1.93. The van der Waals surface area contributed by atoms with Gasteiger partial charge in [0.1, 0.15) is 6.04 Å². The lowest BCUT2D eigenvalue weighted by Gasteiger charge is -2.10. The second kappa shape index (κ2) is 8.13. The summed E-state index contributed by atoms with van der Waals surface area (Å²) in [5, 5.41) is 0. The first-order valence-electron chi connectivity index (χ1n) is 5.20. The van der Waals surface area contributed by atoms with Gasteiger partial charge in [-0.3, -0.25) is 4.79 Å². The van der Waals surface area contributed by atoms with Crippen LogP contribution in [0.1, 0.15) is 18.9 Å². The highest BCUT2D eigenvalue weighted by Gasteiger charge is 2.14. The molecule has 0 fully saturated rings. The summed E-state index contributed by atoms with van der Waals surface area (Å²) in [6.07, 6.45) is 1.35. The molecule has 0 saturated carbocycles. The first-order chi connectivity index (χ1) is 7.24. The molecule has 1 unspecified atom stereocenters. The highest BCUT2D eigenvalue weighted by molar-refractivity contribution is 5.85. The van der Waals surface area contributed by atoms with Crippen molar-refractivity contribution in [3.63, 3.8) is 0 Å². The van der Waals surface area contributed by atoms with Crippen LogP contribution in [0.15, 0.2) is 30.3 Å². The first kappa shape index (κ1) is 14.9. The Morgan fingerprint density at radius 3 is 2.56 bits per heavy atom. The molecule has 90 valence electrons. The molecule has 0 radical (unpaired) electrons. The van der Waals surface area contributed by atoms with Crippen LogP contribution in [0.4, 0.5) is 0 Å². The van der Waals surface area contributed by atoms with Gasteiger partial charge < -0.3 is 10.5 Å². The van der Waals surface area contributed by atoms with Crippen LogP contribution in [0.3, 0.4) is 0 Å². The van der Waals surface area contributed by atoms with Gasteiger partial charge in [-0.25, -0.2) is 0 Å². The number of rotatable bonds is 5. The van der Waals surface area contributed by atoms with Crippen molar-refractivity contribution in [2.24, 2.45) is 5.73 Å². The van der Waals surface area contributed by atoms with E-state index < -0.39 is 6.04 Å². The third-order valence-electron chi connectivity index (χ3n) is 2.05. The molecule has 1 atom stereocenters. The van der Waals surface area contributed by atoms with Gasteiger partial charge >= 0.3 is 5.97 Å². The van der Waals surface area contributed by atoms with Gasteiger partial charge in [-0.2, -0.15) is 0 Å². The van der Waals surface area contributed by atoms with Gasteiger partial charge in [0.2, 0.25) is 0 Å². The van der Waals surface area contributed by atoms with E-state index in [4.69, 9.17) is 10.5 Å². The molecule has 1 rings (SSSR count). The summed E-state index contributed by atoms with van der Waals surface area (Å²) in [5.41, 5.74) is 6.77. The second-order valence-corrected chi connectivity index (χ2v) is 3.46. The molecule has 0 aromatic heterocycles. The van der Waals surface area contributed by atoms with Crippen LogP contribution < -0.4 is 5.73 Å². The van der Waals surface area contributed by atoms with Crippen LogP contribution in [0.5, 0.6) is 0 Å². The van der Waals surface area contributed by atoms with Crippen molar-refractivity contribution in [3.8, 4) is 0 Å². The molecule has 0 aliphatic rings. The van der Waals surface area contributed by atoms with Crippen molar-refractivity contribution in [1.82, 2.24) is 0 Å². The maximum absolute atomic E-state index is 11.4. The zero-order valence-corrected chi connectivity index (χ0v) is 10.2. The molecule has 2 N–H and O–H groups in total. The van der Waals surface area contributed by atoms with Gasteiger partial charge in [-0.1, -0.05) is 37.3 Å². The molecule has 1 aromatic rings. The van der Waals surface area contributed by atoms with Gasteiger partial charge in [0, 0.05) is 0 Å². The number of hydrogen-bond donors (Lipinski definition) is 1. The fraction of sp³-hybridized carbons (Fsp3) is 0.417. The Labute approximate surface area is 102 Å². The minimum Gasteiger partial charge on any atom is -0.465 e. The average molecular weight is 244 g/mol. The maximum atomic E-state index is 11.4. The van der Waals surface area contributed by atoms with E-state index in [0.717, 1.165) is 12.0 Å². The van der Waals surface area contributed by atoms with E-state index in [0.29, 0.717) is 13.0 Å². The van der Waals surface area contributed by atoms with Crippen molar-refractivity contribution in [1.29, 1.82) is 0 Å². The maximum Gasteiger partial charge on any atom is 0.323 e. The SMILES string of the molecule is CCCOC(=O)C(N)Cc1ccccc1.Cl. The van der Waals surface area contributed by atoms with Crippen molar-refractivity contribution >= 4 is 18.4 Å². The highest BCUT2D eigenvalue weighted by atomic mass is 35.5. The van der Waals surface area contributed by atoms with Crippen LogP contribution in [-0.2, 0) is 16.0 Å². The number of carbonyl (C=O) groups excluding carboxylic acids is 1. The third kappa shape index (κ3) is 5.14. The molecule has 3 nitrogen and oxygen atoms in total. The zero-order chi connectivity index (χ0) is 11.1. The van der Waals surface area contributed by atoms with Crippen LogP contribution in [0.25, 0.3) is 0 Å². The molecule has 0 saturated heterocycles. The normalized spacial score (nSPS) is 11.4. The fourth-order valence-corrected chi connectivity index (χ4v) is 1.26. The number of hydrogen-bond acceptors (Lipinski definition) is 3. The molecule has 0 amide bonds. The van der Waals surface area contributed by atoms with Crippen LogP contribution in [0, 0.1) is 0 Å². The molecule has 0 aliphatic heterocycles. The lowest BCUT2D eigenvalue weighted by molar-refractivity contribution is -0.145. The Bertz CT molecular complexity index is 303. The molecule has 4 heteroatoms. The van der Waals surface area contributed by atoms with E-state index in [1.165, 1.54) is 0 Å². The van der Waals surface area contributed by atoms with E-state index in [1.807, 2.05) is 37.3 Å². The zero-order valence-electron chi connectivity index (χ0n) is 9.39. The molecule has 0 aliphatic carbocycles. The molecule has 1 aromatic carbocycles. The Hall–Kier alpha value is -1.06. The Kier molecular flexibility index (Phi) is 7.60. The van der Waals surface area contributed by atoms with Gasteiger partial charge in [-0.05, 0) is 18.4 Å². The number of ether oxygens (including phenoxy) is 1. The Morgan fingerprint density at radius 1 is 1.38 bits per heavy atom. The van der Waals surface area contributed by atoms with Crippen molar-refractivity contribution in [2.45, 2.75) is 25.8 Å².